The minimum absolute atomic E-state index is 0.0718. The highest BCUT2D eigenvalue weighted by molar-refractivity contribution is 5.85. The number of nitrogens with zero attached hydrogens (tertiary/aromatic N) is 2. The van der Waals surface area contributed by atoms with Crippen LogP contribution in [-0.2, 0) is 19.7 Å². The largest absolute Gasteiger partial charge is 0.468 e. The molecule has 1 aliphatic heterocycles. The van der Waals surface area contributed by atoms with Crippen LogP contribution in [0.1, 0.15) is 39.2 Å². The van der Waals surface area contributed by atoms with Gasteiger partial charge in [0.1, 0.15) is 11.3 Å². The molecule has 0 saturated carbocycles. The predicted molar refractivity (Wildman–Crippen MR) is 103 cm³/mol. The van der Waals surface area contributed by atoms with E-state index < -0.39 is 28.0 Å². The number of nitrogens with one attached hydrogen (secondary N) is 1. The van der Waals surface area contributed by atoms with E-state index in [-0.39, 0.29) is 5.69 Å². The van der Waals surface area contributed by atoms with Gasteiger partial charge < -0.3 is 19.7 Å². The molecular formula is C19H27N3O6. The van der Waals surface area contributed by atoms with Crippen LogP contribution < -0.4 is 5.32 Å². The number of hydrogen-bond acceptors (Lipinski definition) is 7. The van der Waals surface area contributed by atoms with E-state index in [0.717, 1.165) is 0 Å². The molecule has 0 radical (unpaired) electrons. The van der Waals surface area contributed by atoms with E-state index in [9.17, 15) is 19.7 Å². The first-order valence-electron chi connectivity index (χ1n) is 9.07. The first-order valence-corrected chi connectivity index (χ1v) is 9.07. The van der Waals surface area contributed by atoms with Gasteiger partial charge in [-0.05, 0) is 45.2 Å². The summed E-state index contributed by atoms with van der Waals surface area (Å²) < 4.78 is 10.4. The van der Waals surface area contributed by atoms with E-state index in [1.54, 1.807) is 44.9 Å². The SMILES string of the molecule is CNc1cc(C2(C(=O)OC)CCN(C(=O)OC(C)(C)C)CC2)ccc1[N+](=O)[O-]. The molecule has 0 aliphatic carbocycles. The number of hydrogen-bond donors (Lipinski definition) is 1. The molecule has 1 saturated heterocycles. The Labute approximate surface area is 164 Å². The maximum Gasteiger partial charge on any atom is 0.410 e. The summed E-state index contributed by atoms with van der Waals surface area (Å²) in [5.74, 6) is -0.424. The third-order valence-corrected chi connectivity index (χ3v) is 4.86. The fourth-order valence-electron chi connectivity index (χ4n) is 3.40. The summed E-state index contributed by atoms with van der Waals surface area (Å²) in [6.45, 7) is 6.02. The van der Waals surface area contributed by atoms with Crippen LogP contribution in [-0.4, -0.2) is 54.7 Å². The van der Waals surface area contributed by atoms with Crippen LogP contribution in [0, 0.1) is 10.1 Å². The van der Waals surface area contributed by atoms with Crippen LogP contribution >= 0.6 is 0 Å². The van der Waals surface area contributed by atoms with Crippen LogP contribution in [0.15, 0.2) is 18.2 Å². The van der Waals surface area contributed by atoms with E-state index in [0.29, 0.717) is 37.2 Å². The molecule has 9 heteroatoms. The molecular weight excluding hydrogens is 366 g/mol. The summed E-state index contributed by atoms with van der Waals surface area (Å²) in [6, 6.07) is 4.57. The lowest BCUT2D eigenvalue weighted by atomic mass is 9.72. The van der Waals surface area contributed by atoms with Crippen molar-refractivity contribution in [3.05, 3.63) is 33.9 Å². The fraction of sp³-hybridized carbons (Fsp3) is 0.579. The monoisotopic (exact) mass is 393 g/mol. The lowest BCUT2D eigenvalue weighted by molar-refractivity contribution is -0.384. The van der Waals surface area contributed by atoms with Crippen molar-refractivity contribution in [3.8, 4) is 0 Å². The van der Waals surface area contributed by atoms with Crippen molar-refractivity contribution >= 4 is 23.4 Å². The zero-order valence-electron chi connectivity index (χ0n) is 16.9. The van der Waals surface area contributed by atoms with Crippen molar-refractivity contribution < 1.29 is 24.0 Å². The summed E-state index contributed by atoms with van der Waals surface area (Å²) in [5.41, 5.74) is -0.710. The Kier molecular flexibility index (Phi) is 6.16. The smallest absolute Gasteiger partial charge is 0.410 e. The third-order valence-electron chi connectivity index (χ3n) is 4.86. The van der Waals surface area contributed by atoms with Crippen molar-refractivity contribution in [1.82, 2.24) is 4.90 Å². The lowest BCUT2D eigenvalue weighted by Crippen LogP contribution is -2.50. The summed E-state index contributed by atoms with van der Waals surface area (Å²) in [5, 5.41) is 14.0. The summed E-state index contributed by atoms with van der Waals surface area (Å²) in [7, 11) is 2.90. The molecule has 2 rings (SSSR count). The molecule has 1 aromatic carbocycles. The summed E-state index contributed by atoms with van der Waals surface area (Å²) >= 11 is 0. The number of amides is 1. The summed E-state index contributed by atoms with van der Waals surface area (Å²) in [6.07, 6.45) is 0.241. The fourth-order valence-corrected chi connectivity index (χ4v) is 3.40. The number of nitro benzene ring substituents is 1. The second kappa shape index (κ2) is 8.04. The van der Waals surface area contributed by atoms with E-state index in [4.69, 9.17) is 9.47 Å². The van der Waals surface area contributed by atoms with E-state index >= 15 is 0 Å². The molecule has 154 valence electrons. The molecule has 1 amide bonds. The number of likely N-dealkylation sites (tertiary alicyclic amines) is 1. The van der Waals surface area contributed by atoms with Crippen LogP contribution in [0.2, 0.25) is 0 Å². The van der Waals surface area contributed by atoms with Crippen molar-refractivity contribution in [1.29, 1.82) is 0 Å². The van der Waals surface area contributed by atoms with Gasteiger partial charge in [0.15, 0.2) is 0 Å². The Morgan fingerprint density at radius 2 is 1.86 bits per heavy atom. The number of esters is 1. The van der Waals surface area contributed by atoms with Crippen molar-refractivity contribution in [2.24, 2.45) is 0 Å². The zero-order valence-corrected chi connectivity index (χ0v) is 16.9. The molecule has 0 bridgehead atoms. The van der Waals surface area contributed by atoms with E-state index in [2.05, 4.69) is 5.32 Å². The number of carbonyl (C=O) groups excluding carboxylic acids is 2. The minimum atomic E-state index is -0.978. The van der Waals surface area contributed by atoms with Gasteiger partial charge in [-0.2, -0.15) is 0 Å². The van der Waals surface area contributed by atoms with Gasteiger partial charge in [0.2, 0.25) is 0 Å². The van der Waals surface area contributed by atoms with Gasteiger partial charge in [-0.1, -0.05) is 6.07 Å². The highest BCUT2D eigenvalue weighted by Crippen LogP contribution is 2.40. The first kappa shape index (κ1) is 21.5. The summed E-state index contributed by atoms with van der Waals surface area (Å²) in [4.78, 5) is 37.3. The van der Waals surface area contributed by atoms with Gasteiger partial charge in [0, 0.05) is 26.2 Å². The Bertz CT molecular complexity index is 763. The van der Waals surface area contributed by atoms with Gasteiger partial charge in [0.05, 0.1) is 17.4 Å². The van der Waals surface area contributed by atoms with Crippen LogP contribution in [0.3, 0.4) is 0 Å². The maximum absolute atomic E-state index is 12.7. The topological polar surface area (TPSA) is 111 Å². The molecule has 1 fully saturated rings. The highest BCUT2D eigenvalue weighted by atomic mass is 16.6. The average Bonchev–Trinajstić information content (AvgIpc) is 2.65. The molecule has 1 heterocycles. The molecule has 0 aromatic heterocycles. The number of nitro groups is 1. The van der Waals surface area contributed by atoms with Crippen LogP contribution in [0.4, 0.5) is 16.2 Å². The predicted octanol–water partition coefficient (Wildman–Crippen LogP) is 3.08. The maximum atomic E-state index is 12.7. The standard InChI is InChI=1S/C19H27N3O6/c1-18(2,3)28-17(24)21-10-8-19(9-11-21,16(23)27-5)13-6-7-15(22(25)26)14(12-13)20-4/h6-7,12,20H,8-11H2,1-5H3. The van der Waals surface area contributed by atoms with Crippen molar-refractivity contribution in [2.75, 3.05) is 32.6 Å². The zero-order chi connectivity index (χ0) is 21.1. The molecule has 0 unspecified atom stereocenters. The van der Waals surface area contributed by atoms with Crippen LogP contribution in [0.5, 0.6) is 0 Å². The van der Waals surface area contributed by atoms with Crippen molar-refractivity contribution in [3.63, 3.8) is 0 Å². The number of benzene rings is 1. The molecule has 0 spiro atoms. The molecule has 0 atom stereocenters. The Morgan fingerprint density at radius 1 is 1.25 bits per heavy atom. The second-order valence-electron chi connectivity index (χ2n) is 7.78. The first-order chi connectivity index (χ1) is 13.0. The van der Waals surface area contributed by atoms with Gasteiger partial charge >= 0.3 is 12.1 Å². The Morgan fingerprint density at radius 3 is 2.32 bits per heavy atom. The van der Waals surface area contributed by atoms with Gasteiger partial charge in [-0.25, -0.2) is 4.79 Å². The molecule has 1 aromatic rings. The molecule has 28 heavy (non-hydrogen) atoms. The van der Waals surface area contributed by atoms with Gasteiger partial charge in [0.25, 0.3) is 5.69 Å². The third kappa shape index (κ3) is 4.35. The minimum Gasteiger partial charge on any atom is -0.468 e. The van der Waals surface area contributed by atoms with E-state index in [1.165, 1.54) is 13.2 Å². The quantitative estimate of drug-likeness (QED) is 0.475. The number of piperidine rings is 1. The molecule has 1 aliphatic rings. The number of anilines is 1. The van der Waals surface area contributed by atoms with Gasteiger partial charge in [-0.15, -0.1) is 0 Å². The number of ether oxygens (including phenoxy) is 2. The Balaban J connectivity index is 2.32. The number of rotatable bonds is 4. The second-order valence-corrected chi connectivity index (χ2v) is 7.78. The number of carbonyl (C=O) groups is 2. The molecule has 9 nitrogen and oxygen atoms in total. The average molecular weight is 393 g/mol. The normalized spacial score (nSPS) is 16.2. The number of methoxy groups -OCH3 is 1. The van der Waals surface area contributed by atoms with E-state index in [1.807, 2.05) is 0 Å². The van der Waals surface area contributed by atoms with Crippen LogP contribution in [0.25, 0.3) is 0 Å². The van der Waals surface area contributed by atoms with Gasteiger partial charge in [-0.3, -0.25) is 14.9 Å². The lowest BCUT2D eigenvalue weighted by Gasteiger charge is -2.40. The van der Waals surface area contributed by atoms with Crippen molar-refractivity contribution in [2.45, 2.75) is 44.6 Å². The Hall–Kier alpha value is -2.84. The molecule has 1 N–H and O–H groups in total. The highest BCUT2D eigenvalue weighted by Gasteiger charge is 2.45.